The fourth-order valence-corrected chi connectivity index (χ4v) is 5.80. The molecular weight excluding hydrogens is 516 g/mol. The van der Waals surface area contributed by atoms with Gasteiger partial charge in [0.05, 0.1) is 9.79 Å². The molecule has 3 aromatic rings. The van der Waals surface area contributed by atoms with Crippen molar-refractivity contribution in [2.45, 2.75) is 29.6 Å². The van der Waals surface area contributed by atoms with Crippen molar-refractivity contribution in [2.24, 2.45) is 0 Å². The lowest BCUT2D eigenvalue weighted by Crippen LogP contribution is -2.43. The minimum absolute atomic E-state index is 0.000145. The molecule has 37 heavy (non-hydrogen) atoms. The number of rotatable bonds is 5. The Kier molecular flexibility index (Phi) is 7.50. The van der Waals surface area contributed by atoms with Crippen molar-refractivity contribution in [2.75, 3.05) is 18.4 Å². The van der Waals surface area contributed by atoms with E-state index in [9.17, 15) is 26.4 Å². The highest BCUT2D eigenvalue weighted by Gasteiger charge is 2.24. The van der Waals surface area contributed by atoms with E-state index in [0.29, 0.717) is 25.1 Å². The molecule has 0 bridgehead atoms. The zero-order valence-corrected chi connectivity index (χ0v) is 21.6. The van der Waals surface area contributed by atoms with Crippen LogP contribution in [-0.2, 0) is 32.9 Å². The van der Waals surface area contributed by atoms with Crippen molar-refractivity contribution < 1.29 is 26.4 Å². The van der Waals surface area contributed by atoms with Gasteiger partial charge in [-0.15, -0.1) is 0 Å². The number of hydrogen-bond donors (Lipinski definition) is 3. The maximum absolute atomic E-state index is 12.7. The lowest BCUT2D eigenvalue weighted by molar-refractivity contribution is 0.206. The Morgan fingerprint density at radius 3 is 2.00 bits per heavy atom. The number of urea groups is 2. The van der Waals surface area contributed by atoms with Crippen LogP contribution in [0.15, 0.2) is 82.6 Å². The molecule has 0 atom stereocenters. The lowest BCUT2D eigenvalue weighted by atomic mass is 10.0. The largest absolute Gasteiger partial charge is 0.333 e. The molecule has 3 aromatic carbocycles. The standard InChI is InChI=1S/C25H26N4O6S2/c1-18-7-11-23(12-8-18)36(32,33)27-24(30)26-21-10-9-19-13-15-29(16-14-20(19)17-21)25(31)28-37(34,35)22-5-3-2-4-6-22/h2-12,17H,13-16H2,1H3,(H,28,31)(H2,26,27,30). The third kappa shape index (κ3) is 6.46. The summed E-state index contributed by atoms with van der Waals surface area (Å²) in [5.74, 6) is 0. The van der Waals surface area contributed by atoms with E-state index in [1.54, 1.807) is 48.5 Å². The van der Waals surface area contributed by atoms with Crippen LogP contribution in [0.2, 0.25) is 0 Å². The van der Waals surface area contributed by atoms with Crippen LogP contribution in [-0.4, -0.2) is 46.9 Å². The third-order valence-electron chi connectivity index (χ3n) is 5.89. The summed E-state index contributed by atoms with van der Waals surface area (Å²) >= 11 is 0. The van der Waals surface area contributed by atoms with Gasteiger partial charge in [-0.05, 0) is 67.3 Å². The van der Waals surface area contributed by atoms with Crippen LogP contribution >= 0.6 is 0 Å². The number of aryl methyl sites for hydroxylation is 1. The molecule has 0 unspecified atom stereocenters. The molecule has 0 spiro atoms. The molecule has 0 saturated heterocycles. The number of sulfonamides is 2. The summed E-state index contributed by atoms with van der Waals surface area (Å²) in [5, 5.41) is 2.53. The van der Waals surface area contributed by atoms with Gasteiger partial charge in [0.25, 0.3) is 20.0 Å². The molecule has 0 fully saturated rings. The Balaban J connectivity index is 1.38. The first-order valence-corrected chi connectivity index (χ1v) is 14.4. The molecule has 0 radical (unpaired) electrons. The molecule has 4 amide bonds. The molecule has 194 valence electrons. The first-order valence-electron chi connectivity index (χ1n) is 11.4. The Labute approximate surface area is 215 Å². The van der Waals surface area contributed by atoms with Gasteiger partial charge in [0.1, 0.15) is 0 Å². The van der Waals surface area contributed by atoms with Crippen LogP contribution in [0.4, 0.5) is 15.3 Å². The van der Waals surface area contributed by atoms with Gasteiger partial charge in [-0.2, -0.15) is 0 Å². The number of carbonyl (C=O) groups is 2. The maximum atomic E-state index is 12.7. The van der Waals surface area contributed by atoms with Gasteiger partial charge in [-0.3, -0.25) is 0 Å². The highest BCUT2D eigenvalue weighted by molar-refractivity contribution is 7.90. The smallest absolute Gasteiger partial charge is 0.323 e. The monoisotopic (exact) mass is 542 g/mol. The zero-order chi connectivity index (χ0) is 26.6. The topological polar surface area (TPSA) is 142 Å². The van der Waals surface area contributed by atoms with Crippen LogP contribution in [0.1, 0.15) is 16.7 Å². The van der Waals surface area contributed by atoms with Gasteiger partial charge in [0, 0.05) is 18.8 Å². The van der Waals surface area contributed by atoms with E-state index < -0.39 is 32.1 Å². The second-order valence-corrected chi connectivity index (χ2v) is 11.9. The van der Waals surface area contributed by atoms with Crippen molar-refractivity contribution in [3.8, 4) is 0 Å². The molecule has 0 saturated carbocycles. The number of nitrogens with zero attached hydrogens (tertiary/aromatic N) is 1. The summed E-state index contributed by atoms with van der Waals surface area (Å²) in [7, 11) is -8.02. The molecule has 1 aliphatic rings. The molecule has 0 aromatic heterocycles. The molecular formula is C25H26N4O6S2. The first kappa shape index (κ1) is 26.2. The molecule has 1 heterocycles. The Morgan fingerprint density at radius 1 is 0.730 bits per heavy atom. The molecule has 0 aliphatic carbocycles. The fraction of sp³-hybridized carbons (Fsp3) is 0.200. The number of nitrogens with one attached hydrogen (secondary N) is 3. The minimum atomic E-state index is -4.03. The summed E-state index contributed by atoms with van der Waals surface area (Å²) in [5.41, 5.74) is 3.09. The molecule has 1 aliphatic heterocycles. The van der Waals surface area contributed by atoms with E-state index in [0.717, 1.165) is 16.7 Å². The number of hydrogen-bond acceptors (Lipinski definition) is 6. The fourth-order valence-electron chi connectivity index (χ4n) is 3.90. The average molecular weight is 543 g/mol. The number of benzene rings is 3. The predicted molar refractivity (Wildman–Crippen MR) is 138 cm³/mol. The van der Waals surface area contributed by atoms with Crippen LogP contribution in [0, 0.1) is 6.92 Å². The van der Waals surface area contributed by atoms with Crippen molar-refractivity contribution in [1.82, 2.24) is 14.3 Å². The zero-order valence-electron chi connectivity index (χ0n) is 20.0. The van der Waals surface area contributed by atoms with Gasteiger partial charge in [-0.1, -0.05) is 42.0 Å². The normalized spacial score (nSPS) is 13.7. The minimum Gasteiger partial charge on any atom is -0.323 e. The van der Waals surface area contributed by atoms with Crippen molar-refractivity contribution in [1.29, 1.82) is 0 Å². The summed E-state index contributed by atoms with van der Waals surface area (Å²) in [6.45, 7) is 2.40. The van der Waals surface area contributed by atoms with Crippen molar-refractivity contribution in [3.63, 3.8) is 0 Å². The number of fused-ring (bicyclic) bond motifs is 1. The van der Waals surface area contributed by atoms with E-state index in [1.165, 1.54) is 29.2 Å². The summed E-state index contributed by atoms with van der Waals surface area (Å²) in [6.07, 6.45) is 0.912. The van der Waals surface area contributed by atoms with Gasteiger partial charge in [-0.25, -0.2) is 35.9 Å². The van der Waals surface area contributed by atoms with Crippen LogP contribution < -0.4 is 14.8 Å². The summed E-state index contributed by atoms with van der Waals surface area (Å²) < 4.78 is 54.0. The molecule has 4 rings (SSSR count). The second kappa shape index (κ2) is 10.6. The van der Waals surface area contributed by atoms with E-state index in [-0.39, 0.29) is 16.3 Å². The molecule has 3 N–H and O–H groups in total. The Hall–Kier alpha value is -3.90. The third-order valence-corrected chi connectivity index (χ3v) is 8.57. The van der Waals surface area contributed by atoms with E-state index in [4.69, 9.17) is 0 Å². The quantitative estimate of drug-likeness (QED) is 0.453. The second-order valence-electron chi connectivity index (χ2n) is 8.57. The number of carbonyl (C=O) groups excluding carboxylic acids is 2. The van der Waals surface area contributed by atoms with Gasteiger partial charge >= 0.3 is 12.1 Å². The van der Waals surface area contributed by atoms with Crippen molar-refractivity contribution in [3.05, 3.63) is 89.5 Å². The van der Waals surface area contributed by atoms with Gasteiger partial charge in [0.2, 0.25) is 0 Å². The average Bonchev–Trinajstić information content (AvgIpc) is 3.06. The molecule has 10 nitrogen and oxygen atoms in total. The maximum Gasteiger partial charge on any atom is 0.333 e. The van der Waals surface area contributed by atoms with Crippen molar-refractivity contribution >= 4 is 37.8 Å². The van der Waals surface area contributed by atoms with E-state index >= 15 is 0 Å². The SMILES string of the molecule is Cc1ccc(S(=O)(=O)NC(=O)Nc2ccc3c(c2)CCN(C(=O)NS(=O)(=O)c2ccccc2)CC3)cc1. The van der Waals surface area contributed by atoms with E-state index in [1.807, 2.05) is 11.6 Å². The summed E-state index contributed by atoms with van der Waals surface area (Å²) in [6, 6.07) is 17.3. The van der Waals surface area contributed by atoms with Crippen LogP contribution in [0.25, 0.3) is 0 Å². The Morgan fingerprint density at radius 2 is 1.32 bits per heavy atom. The highest BCUT2D eigenvalue weighted by atomic mass is 32.2. The van der Waals surface area contributed by atoms with Crippen LogP contribution in [0.3, 0.4) is 0 Å². The van der Waals surface area contributed by atoms with Gasteiger partial charge < -0.3 is 10.2 Å². The number of anilines is 1. The first-order chi connectivity index (χ1) is 17.5. The highest BCUT2D eigenvalue weighted by Crippen LogP contribution is 2.21. The van der Waals surface area contributed by atoms with Gasteiger partial charge in [0.15, 0.2) is 0 Å². The summed E-state index contributed by atoms with van der Waals surface area (Å²) in [4.78, 5) is 26.5. The lowest BCUT2D eigenvalue weighted by Gasteiger charge is -2.20. The predicted octanol–water partition coefficient (Wildman–Crippen LogP) is 3.00. The van der Waals surface area contributed by atoms with E-state index in [2.05, 4.69) is 10.0 Å². The van der Waals surface area contributed by atoms with Crippen LogP contribution in [0.5, 0.6) is 0 Å². The number of amides is 4. The molecule has 12 heteroatoms. The Bertz CT molecular complexity index is 1520.